The van der Waals surface area contributed by atoms with Crippen molar-refractivity contribution in [1.29, 1.82) is 0 Å². The number of nitrogens with zero attached hydrogens (tertiary/aromatic N) is 3. The molecule has 0 radical (unpaired) electrons. The molecule has 1 aromatic heterocycles. The minimum Gasteiger partial charge on any atom is -0.383 e. The molecule has 96 valence electrons. The molecule has 2 N–H and O–H groups in total. The Morgan fingerprint density at radius 1 is 1.35 bits per heavy atom. The molecule has 0 fully saturated rings. The molecular formula is C12H22N4S. The fourth-order valence-corrected chi connectivity index (χ4v) is 2.15. The Hall–Kier alpha value is -0.970. The van der Waals surface area contributed by atoms with Gasteiger partial charge in [0.15, 0.2) is 5.16 Å². The second-order valence-electron chi connectivity index (χ2n) is 4.73. The molecule has 0 bridgehead atoms. The highest BCUT2D eigenvalue weighted by Crippen LogP contribution is 2.21. The van der Waals surface area contributed by atoms with Crippen LogP contribution >= 0.6 is 11.8 Å². The fourth-order valence-electron chi connectivity index (χ4n) is 1.77. The summed E-state index contributed by atoms with van der Waals surface area (Å²) < 4.78 is 0. The monoisotopic (exact) mass is 254 g/mol. The Kier molecular flexibility index (Phi) is 5.05. The van der Waals surface area contributed by atoms with Gasteiger partial charge in [0.1, 0.15) is 11.6 Å². The first kappa shape index (κ1) is 14.1. The Bertz CT molecular complexity index is 368. The van der Waals surface area contributed by atoms with Crippen molar-refractivity contribution in [1.82, 2.24) is 9.97 Å². The number of thioether (sulfide) groups is 1. The first-order valence-electron chi connectivity index (χ1n) is 5.85. The summed E-state index contributed by atoms with van der Waals surface area (Å²) in [5, 5.41) is 0.726. The number of rotatable bonds is 5. The van der Waals surface area contributed by atoms with Crippen LogP contribution in [0.5, 0.6) is 0 Å². The van der Waals surface area contributed by atoms with Crippen LogP contribution in [0.1, 0.15) is 27.2 Å². The molecule has 0 aliphatic carbocycles. The van der Waals surface area contributed by atoms with Crippen LogP contribution < -0.4 is 10.6 Å². The summed E-state index contributed by atoms with van der Waals surface area (Å²) in [4.78, 5) is 10.8. The molecule has 1 aromatic rings. The minimum atomic E-state index is 0.444. The molecule has 17 heavy (non-hydrogen) atoms. The van der Waals surface area contributed by atoms with Gasteiger partial charge in [0, 0.05) is 19.2 Å². The predicted molar refractivity (Wildman–Crippen MR) is 75.5 cm³/mol. The largest absolute Gasteiger partial charge is 0.383 e. The Labute approximate surface area is 108 Å². The summed E-state index contributed by atoms with van der Waals surface area (Å²) in [6, 6.07) is 2.27. The average molecular weight is 254 g/mol. The van der Waals surface area contributed by atoms with E-state index in [4.69, 9.17) is 5.73 Å². The van der Waals surface area contributed by atoms with Gasteiger partial charge in [0.2, 0.25) is 0 Å². The summed E-state index contributed by atoms with van der Waals surface area (Å²) in [6.07, 6.45) is 3.09. The molecule has 0 saturated carbocycles. The zero-order valence-electron chi connectivity index (χ0n) is 11.3. The van der Waals surface area contributed by atoms with Gasteiger partial charge in [0.25, 0.3) is 0 Å². The van der Waals surface area contributed by atoms with Crippen molar-refractivity contribution in [2.24, 2.45) is 5.92 Å². The molecule has 0 aromatic carbocycles. The van der Waals surface area contributed by atoms with Crippen molar-refractivity contribution >= 4 is 23.4 Å². The maximum atomic E-state index is 5.78. The van der Waals surface area contributed by atoms with Crippen LogP contribution in [0.25, 0.3) is 0 Å². The van der Waals surface area contributed by atoms with Crippen LogP contribution in [0.2, 0.25) is 0 Å². The molecule has 1 rings (SSSR count). The van der Waals surface area contributed by atoms with Crippen molar-refractivity contribution in [2.45, 2.75) is 38.4 Å². The van der Waals surface area contributed by atoms with Crippen molar-refractivity contribution in [3.05, 3.63) is 6.07 Å². The van der Waals surface area contributed by atoms with E-state index in [9.17, 15) is 0 Å². The third kappa shape index (κ3) is 4.07. The van der Waals surface area contributed by atoms with Gasteiger partial charge in [-0.15, -0.1) is 0 Å². The predicted octanol–water partition coefficient (Wildman–Crippen LogP) is 2.65. The third-order valence-electron chi connectivity index (χ3n) is 2.73. The minimum absolute atomic E-state index is 0.444. The molecular weight excluding hydrogens is 232 g/mol. The molecule has 1 heterocycles. The number of hydrogen-bond donors (Lipinski definition) is 1. The van der Waals surface area contributed by atoms with Crippen molar-refractivity contribution in [2.75, 3.05) is 23.9 Å². The van der Waals surface area contributed by atoms with Crippen LogP contribution in [-0.4, -0.2) is 29.3 Å². The topological polar surface area (TPSA) is 55.0 Å². The highest BCUT2D eigenvalue weighted by Gasteiger charge is 2.14. The third-order valence-corrected chi connectivity index (χ3v) is 3.28. The zero-order chi connectivity index (χ0) is 13.0. The van der Waals surface area contributed by atoms with E-state index in [0.29, 0.717) is 17.8 Å². The molecule has 0 saturated heterocycles. The summed E-state index contributed by atoms with van der Waals surface area (Å²) in [5.41, 5.74) is 5.78. The number of nitrogen functional groups attached to an aromatic ring is 1. The molecule has 0 aliphatic heterocycles. The van der Waals surface area contributed by atoms with Gasteiger partial charge in [-0.1, -0.05) is 25.6 Å². The lowest BCUT2D eigenvalue weighted by molar-refractivity contribution is 0.501. The second-order valence-corrected chi connectivity index (χ2v) is 5.50. The lowest BCUT2D eigenvalue weighted by Gasteiger charge is -2.27. The van der Waals surface area contributed by atoms with Crippen LogP contribution in [0, 0.1) is 5.92 Å². The highest BCUT2D eigenvalue weighted by atomic mass is 32.2. The Morgan fingerprint density at radius 3 is 2.53 bits per heavy atom. The maximum Gasteiger partial charge on any atom is 0.191 e. The van der Waals surface area contributed by atoms with Crippen LogP contribution in [-0.2, 0) is 0 Å². The normalized spacial score (nSPS) is 12.8. The van der Waals surface area contributed by atoms with Gasteiger partial charge in [-0.2, -0.15) is 0 Å². The number of nitrogens with two attached hydrogens (primary N) is 1. The SMILES string of the molecule is CSc1nc(N)cc(N(C)C(C)CC(C)C)n1. The Morgan fingerprint density at radius 2 is 2.00 bits per heavy atom. The van der Waals surface area contributed by atoms with Crippen molar-refractivity contribution in [3.8, 4) is 0 Å². The van der Waals surface area contributed by atoms with E-state index in [0.717, 1.165) is 17.4 Å². The van der Waals surface area contributed by atoms with E-state index in [-0.39, 0.29) is 0 Å². The van der Waals surface area contributed by atoms with Gasteiger partial charge in [-0.05, 0) is 25.5 Å². The van der Waals surface area contributed by atoms with Crippen molar-refractivity contribution < 1.29 is 0 Å². The summed E-state index contributed by atoms with van der Waals surface area (Å²) >= 11 is 1.51. The Balaban J connectivity index is 2.87. The molecule has 1 atom stereocenters. The smallest absolute Gasteiger partial charge is 0.191 e. The van der Waals surface area contributed by atoms with Gasteiger partial charge in [0.05, 0.1) is 0 Å². The summed E-state index contributed by atoms with van der Waals surface area (Å²) in [6.45, 7) is 6.66. The van der Waals surface area contributed by atoms with Crippen LogP contribution in [0.15, 0.2) is 11.2 Å². The number of aromatic nitrogens is 2. The number of hydrogen-bond acceptors (Lipinski definition) is 5. The van der Waals surface area contributed by atoms with E-state index in [1.807, 2.05) is 12.3 Å². The van der Waals surface area contributed by atoms with E-state index < -0.39 is 0 Å². The lowest BCUT2D eigenvalue weighted by atomic mass is 10.0. The summed E-state index contributed by atoms with van der Waals surface area (Å²) in [5.74, 6) is 2.10. The van der Waals surface area contributed by atoms with Gasteiger partial charge in [-0.3, -0.25) is 0 Å². The van der Waals surface area contributed by atoms with Crippen molar-refractivity contribution in [3.63, 3.8) is 0 Å². The highest BCUT2D eigenvalue weighted by molar-refractivity contribution is 7.98. The molecule has 0 amide bonds. The lowest BCUT2D eigenvalue weighted by Crippen LogP contribution is -2.31. The van der Waals surface area contributed by atoms with Crippen LogP contribution in [0.4, 0.5) is 11.6 Å². The maximum absolute atomic E-state index is 5.78. The zero-order valence-corrected chi connectivity index (χ0v) is 12.1. The van der Waals surface area contributed by atoms with E-state index >= 15 is 0 Å². The fraction of sp³-hybridized carbons (Fsp3) is 0.667. The molecule has 1 unspecified atom stereocenters. The molecule has 0 spiro atoms. The molecule has 5 heteroatoms. The quantitative estimate of drug-likeness (QED) is 0.646. The van der Waals surface area contributed by atoms with E-state index in [1.54, 1.807) is 0 Å². The van der Waals surface area contributed by atoms with Crippen LogP contribution in [0.3, 0.4) is 0 Å². The average Bonchev–Trinajstić information content (AvgIpc) is 2.26. The summed E-state index contributed by atoms with van der Waals surface area (Å²) in [7, 11) is 2.05. The first-order chi connectivity index (χ1) is 7.93. The van der Waals surface area contributed by atoms with Gasteiger partial charge >= 0.3 is 0 Å². The van der Waals surface area contributed by atoms with E-state index in [1.165, 1.54) is 11.8 Å². The molecule has 0 aliphatic rings. The first-order valence-corrected chi connectivity index (χ1v) is 7.08. The standard InChI is InChI=1S/C12H22N4S/c1-8(2)6-9(3)16(4)11-7-10(13)14-12(15-11)17-5/h7-9H,6H2,1-5H3,(H2,13,14,15). The number of anilines is 2. The molecule has 4 nitrogen and oxygen atoms in total. The van der Waals surface area contributed by atoms with Gasteiger partial charge < -0.3 is 10.6 Å². The second kappa shape index (κ2) is 6.10. The van der Waals surface area contributed by atoms with Gasteiger partial charge in [-0.25, -0.2) is 9.97 Å². The van der Waals surface area contributed by atoms with E-state index in [2.05, 4.69) is 42.7 Å².